The van der Waals surface area contributed by atoms with Crippen LogP contribution in [0.5, 0.6) is 5.75 Å². The van der Waals surface area contributed by atoms with Crippen LogP contribution in [0.15, 0.2) is 78.5 Å². The van der Waals surface area contributed by atoms with Gasteiger partial charge in [0.2, 0.25) is 5.91 Å². The molecule has 3 aromatic carbocycles. The van der Waals surface area contributed by atoms with Crippen LogP contribution in [-0.2, 0) is 33.8 Å². The van der Waals surface area contributed by atoms with Gasteiger partial charge in [0.05, 0.1) is 6.61 Å². The maximum absolute atomic E-state index is 12.8. The standard InChI is InChI=1S/C28H28N2O5/c1-19(32)29-26(17-22-10-14-27(34)23(15-22)18-31)28(35)30-24-11-7-21(8-12-24)16-25(33)13-9-20-5-3-2-4-6-20/h2-8,10-12,14-15,17,31,34H,9,13,16,18H2,1H3,(H,29,32)(H,30,35)/b26-17-. The Bertz CT molecular complexity index is 1220. The minimum Gasteiger partial charge on any atom is -0.508 e. The summed E-state index contributed by atoms with van der Waals surface area (Å²) in [6.07, 6.45) is 2.93. The van der Waals surface area contributed by atoms with Gasteiger partial charge in [-0.25, -0.2) is 0 Å². The monoisotopic (exact) mass is 472 g/mol. The zero-order valence-corrected chi connectivity index (χ0v) is 19.5. The maximum atomic E-state index is 12.8. The number of anilines is 1. The highest BCUT2D eigenvalue weighted by atomic mass is 16.3. The first-order chi connectivity index (χ1) is 16.8. The SMILES string of the molecule is CC(=O)N/C(=C\c1ccc(O)c(CO)c1)C(=O)Nc1ccc(CC(=O)CCc2ccccc2)cc1. The van der Waals surface area contributed by atoms with E-state index in [2.05, 4.69) is 10.6 Å². The number of aromatic hydroxyl groups is 1. The van der Waals surface area contributed by atoms with Crippen molar-refractivity contribution in [1.82, 2.24) is 5.32 Å². The second-order valence-corrected chi connectivity index (χ2v) is 8.14. The molecular weight excluding hydrogens is 444 g/mol. The average molecular weight is 473 g/mol. The van der Waals surface area contributed by atoms with Crippen molar-refractivity contribution >= 4 is 29.4 Å². The number of ketones is 1. The highest BCUT2D eigenvalue weighted by molar-refractivity contribution is 6.08. The molecular formula is C28H28N2O5. The zero-order chi connectivity index (χ0) is 25.2. The number of amides is 2. The van der Waals surface area contributed by atoms with Gasteiger partial charge in [0.25, 0.3) is 5.91 Å². The number of phenols is 1. The molecule has 0 aromatic heterocycles. The van der Waals surface area contributed by atoms with Gasteiger partial charge < -0.3 is 20.8 Å². The number of aliphatic hydroxyl groups is 1. The number of hydrogen-bond donors (Lipinski definition) is 4. The predicted molar refractivity (Wildman–Crippen MR) is 134 cm³/mol. The second kappa shape index (κ2) is 12.3. The molecule has 180 valence electrons. The van der Waals surface area contributed by atoms with Gasteiger partial charge in [-0.3, -0.25) is 14.4 Å². The molecule has 0 unspecified atom stereocenters. The molecule has 0 saturated carbocycles. The summed E-state index contributed by atoms with van der Waals surface area (Å²) in [6, 6.07) is 21.3. The topological polar surface area (TPSA) is 116 Å². The summed E-state index contributed by atoms with van der Waals surface area (Å²) in [5.41, 5.74) is 3.31. The molecule has 0 radical (unpaired) electrons. The number of carbonyl (C=O) groups is 3. The van der Waals surface area contributed by atoms with Gasteiger partial charge >= 0.3 is 0 Å². The van der Waals surface area contributed by atoms with Crippen molar-refractivity contribution in [2.45, 2.75) is 32.8 Å². The van der Waals surface area contributed by atoms with E-state index >= 15 is 0 Å². The fourth-order valence-corrected chi connectivity index (χ4v) is 3.49. The Morgan fingerprint density at radius 1 is 0.914 bits per heavy atom. The van der Waals surface area contributed by atoms with Crippen molar-refractivity contribution in [1.29, 1.82) is 0 Å². The average Bonchev–Trinajstić information content (AvgIpc) is 2.85. The predicted octanol–water partition coefficient (Wildman–Crippen LogP) is 3.74. The Kier molecular flexibility index (Phi) is 8.92. The first-order valence-electron chi connectivity index (χ1n) is 11.2. The molecule has 2 amide bonds. The molecule has 0 saturated heterocycles. The summed E-state index contributed by atoms with van der Waals surface area (Å²) in [7, 11) is 0. The summed E-state index contributed by atoms with van der Waals surface area (Å²) in [4.78, 5) is 36.8. The van der Waals surface area contributed by atoms with Crippen molar-refractivity contribution in [3.8, 4) is 5.75 Å². The van der Waals surface area contributed by atoms with Crippen LogP contribution in [0, 0.1) is 0 Å². The molecule has 0 aliphatic heterocycles. The van der Waals surface area contributed by atoms with Gasteiger partial charge in [-0.1, -0.05) is 48.5 Å². The second-order valence-electron chi connectivity index (χ2n) is 8.14. The lowest BCUT2D eigenvalue weighted by Crippen LogP contribution is -2.28. The molecule has 0 spiro atoms. The van der Waals surface area contributed by atoms with Gasteiger partial charge in [-0.2, -0.15) is 0 Å². The number of aryl methyl sites for hydroxylation is 1. The van der Waals surface area contributed by atoms with E-state index in [0.717, 1.165) is 11.1 Å². The molecule has 7 heteroatoms. The molecule has 0 heterocycles. The Morgan fingerprint density at radius 3 is 2.29 bits per heavy atom. The van der Waals surface area contributed by atoms with Crippen LogP contribution in [0.4, 0.5) is 5.69 Å². The van der Waals surface area contributed by atoms with Crippen LogP contribution in [0.3, 0.4) is 0 Å². The number of carbonyl (C=O) groups excluding carboxylic acids is 3. The Hall–Kier alpha value is -4.23. The molecule has 0 bridgehead atoms. The van der Waals surface area contributed by atoms with E-state index in [1.807, 2.05) is 30.3 Å². The summed E-state index contributed by atoms with van der Waals surface area (Å²) in [5, 5.41) is 24.3. The van der Waals surface area contributed by atoms with Crippen LogP contribution in [0.25, 0.3) is 6.08 Å². The maximum Gasteiger partial charge on any atom is 0.272 e. The van der Waals surface area contributed by atoms with E-state index in [-0.39, 0.29) is 23.8 Å². The Morgan fingerprint density at radius 2 is 1.63 bits per heavy atom. The van der Waals surface area contributed by atoms with Crippen molar-refractivity contribution in [2.24, 2.45) is 0 Å². The van der Waals surface area contributed by atoms with Crippen molar-refractivity contribution in [3.05, 3.63) is 101 Å². The van der Waals surface area contributed by atoms with E-state index in [9.17, 15) is 24.6 Å². The van der Waals surface area contributed by atoms with E-state index < -0.39 is 11.8 Å². The largest absolute Gasteiger partial charge is 0.508 e. The number of benzene rings is 3. The van der Waals surface area contributed by atoms with Gasteiger partial charge in [0.1, 0.15) is 17.2 Å². The quantitative estimate of drug-likeness (QED) is 0.336. The minimum absolute atomic E-state index is 0.00671. The van der Waals surface area contributed by atoms with Crippen LogP contribution in [-0.4, -0.2) is 27.8 Å². The smallest absolute Gasteiger partial charge is 0.272 e. The molecule has 7 nitrogen and oxygen atoms in total. The number of hydrogen-bond acceptors (Lipinski definition) is 5. The molecule has 35 heavy (non-hydrogen) atoms. The van der Waals surface area contributed by atoms with Crippen molar-refractivity contribution < 1.29 is 24.6 Å². The lowest BCUT2D eigenvalue weighted by atomic mass is 10.0. The van der Waals surface area contributed by atoms with E-state index in [1.54, 1.807) is 30.3 Å². The lowest BCUT2D eigenvalue weighted by Gasteiger charge is -2.11. The highest BCUT2D eigenvalue weighted by Crippen LogP contribution is 2.20. The van der Waals surface area contributed by atoms with Crippen LogP contribution < -0.4 is 10.6 Å². The fourth-order valence-electron chi connectivity index (χ4n) is 3.49. The van der Waals surface area contributed by atoms with Gasteiger partial charge in [0.15, 0.2) is 0 Å². The summed E-state index contributed by atoms with van der Waals surface area (Å²) >= 11 is 0. The number of rotatable bonds is 10. The highest BCUT2D eigenvalue weighted by Gasteiger charge is 2.13. The van der Waals surface area contributed by atoms with Crippen LogP contribution in [0.1, 0.15) is 35.6 Å². The third-order valence-corrected chi connectivity index (χ3v) is 5.29. The number of Topliss-reactive ketones (excluding diaryl/α,β-unsaturated/α-hetero) is 1. The van der Waals surface area contributed by atoms with E-state index in [4.69, 9.17) is 0 Å². The number of aliphatic hydroxyl groups excluding tert-OH is 1. The molecule has 0 atom stereocenters. The van der Waals surface area contributed by atoms with Gasteiger partial charge in [-0.05, 0) is 53.5 Å². The minimum atomic E-state index is -0.537. The first-order valence-corrected chi connectivity index (χ1v) is 11.2. The molecule has 3 aromatic rings. The number of nitrogens with one attached hydrogen (secondary N) is 2. The van der Waals surface area contributed by atoms with Gasteiger partial charge in [-0.15, -0.1) is 0 Å². The molecule has 4 N–H and O–H groups in total. The normalized spacial score (nSPS) is 11.1. The van der Waals surface area contributed by atoms with E-state index in [1.165, 1.54) is 25.1 Å². The third kappa shape index (κ3) is 7.94. The van der Waals surface area contributed by atoms with Crippen molar-refractivity contribution in [3.63, 3.8) is 0 Å². The van der Waals surface area contributed by atoms with Gasteiger partial charge in [0, 0.05) is 31.0 Å². The molecule has 0 aliphatic carbocycles. The van der Waals surface area contributed by atoms with Crippen molar-refractivity contribution in [2.75, 3.05) is 5.32 Å². The van der Waals surface area contributed by atoms with Crippen LogP contribution >= 0.6 is 0 Å². The summed E-state index contributed by atoms with van der Waals surface area (Å²) in [5.74, 6) is -0.881. The summed E-state index contributed by atoms with van der Waals surface area (Å²) in [6.45, 7) is 0.928. The first kappa shape index (κ1) is 25.4. The lowest BCUT2D eigenvalue weighted by molar-refractivity contribution is -0.120. The Balaban J connectivity index is 1.63. The van der Waals surface area contributed by atoms with E-state index in [0.29, 0.717) is 36.1 Å². The molecule has 0 aliphatic rings. The Labute approximate surface area is 204 Å². The third-order valence-electron chi connectivity index (χ3n) is 5.29. The fraction of sp³-hybridized carbons (Fsp3) is 0.179. The molecule has 0 fully saturated rings. The molecule has 3 rings (SSSR count). The zero-order valence-electron chi connectivity index (χ0n) is 19.5. The summed E-state index contributed by atoms with van der Waals surface area (Å²) < 4.78 is 0. The van der Waals surface area contributed by atoms with Crippen LogP contribution in [0.2, 0.25) is 0 Å².